The zero-order valence-electron chi connectivity index (χ0n) is 15.5. The Hall–Kier alpha value is -3.79. The van der Waals surface area contributed by atoms with Crippen molar-refractivity contribution in [3.63, 3.8) is 0 Å². The number of aromatic amines is 1. The first kappa shape index (κ1) is 20.0. The minimum atomic E-state index is -0.788. The number of hydrogen-bond donors (Lipinski definition) is 2. The third-order valence-corrected chi connectivity index (χ3v) is 4.06. The second-order valence-corrected chi connectivity index (χ2v) is 6.01. The molecular weight excluding hydrogens is 380 g/mol. The van der Waals surface area contributed by atoms with Gasteiger partial charge in [0.25, 0.3) is 11.2 Å². The van der Waals surface area contributed by atoms with Gasteiger partial charge in [0.1, 0.15) is 12.4 Å². The molecule has 0 spiro atoms. The number of aromatic nitrogens is 2. The Balaban J connectivity index is 1.81. The van der Waals surface area contributed by atoms with Crippen LogP contribution in [0.25, 0.3) is 10.9 Å². The molecule has 10 nitrogen and oxygen atoms in total. The largest absolute Gasteiger partial charge is 0.454 e. The highest BCUT2D eigenvalue weighted by molar-refractivity contribution is 5.96. The molecule has 0 aliphatic heterocycles. The molecule has 3 aromatic rings. The molecule has 2 N–H and O–H groups in total. The summed E-state index contributed by atoms with van der Waals surface area (Å²) in [6.45, 7) is 0.487. The molecule has 1 aromatic heterocycles. The van der Waals surface area contributed by atoms with E-state index < -0.39 is 10.9 Å². The third-order valence-electron chi connectivity index (χ3n) is 4.06. The lowest BCUT2D eigenvalue weighted by atomic mass is 10.1. The Morgan fingerprint density at radius 2 is 2.07 bits per heavy atom. The Labute approximate surface area is 164 Å². The van der Waals surface area contributed by atoms with E-state index in [1.165, 1.54) is 19.2 Å². The number of ether oxygens (including phenoxy) is 2. The fraction of sp³-hybridized carbons (Fsp3) is 0.211. The van der Waals surface area contributed by atoms with Crippen molar-refractivity contribution in [2.24, 2.45) is 0 Å². The highest BCUT2D eigenvalue weighted by atomic mass is 16.6. The van der Waals surface area contributed by atoms with Crippen molar-refractivity contribution in [1.29, 1.82) is 0 Å². The van der Waals surface area contributed by atoms with Gasteiger partial charge in [0.15, 0.2) is 0 Å². The summed E-state index contributed by atoms with van der Waals surface area (Å²) < 4.78 is 10.2. The first-order valence-corrected chi connectivity index (χ1v) is 8.66. The number of para-hydroxylation sites is 1. The molecule has 0 atom stereocenters. The summed E-state index contributed by atoms with van der Waals surface area (Å²) in [6.07, 6.45) is 0. The van der Waals surface area contributed by atoms with Crippen LogP contribution in [0.5, 0.6) is 0 Å². The van der Waals surface area contributed by atoms with Gasteiger partial charge in [0, 0.05) is 31.5 Å². The molecule has 0 saturated heterocycles. The van der Waals surface area contributed by atoms with Gasteiger partial charge in [0.05, 0.1) is 28.0 Å². The number of nitro groups is 1. The Bertz CT molecular complexity index is 1110. The van der Waals surface area contributed by atoms with E-state index in [4.69, 9.17) is 9.47 Å². The molecule has 0 bridgehead atoms. The summed E-state index contributed by atoms with van der Waals surface area (Å²) in [5.74, 6) is -0.620. The van der Waals surface area contributed by atoms with E-state index in [1.807, 2.05) is 0 Å². The Morgan fingerprint density at radius 1 is 1.28 bits per heavy atom. The normalized spacial score (nSPS) is 10.7. The number of benzene rings is 2. The summed E-state index contributed by atoms with van der Waals surface area (Å²) in [6, 6.07) is 10.6. The summed E-state index contributed by atoms with van der Waals surface area (Å²) in [5.41, 5.74) is 0.251. The number of carbonyl (C=O) groups excluding carboxylic acids is 1. The van der Waals surface area contributed by atoms with Crippen LogP contribution in [0.15, 0.2) is 47.3 Å². The zero-order valence-corrected chi connectivity index (χ0v) is 15.5. The minimum absolute atomic E-state index is 0.00145. The number of nitrogens with zero attached hydrogens (tertiary/aromatic N) is 2. The lowest BCUT2D eigenvalue weighted by Gasteiger charge is -2.11. The van der Waals surface area contributed by atoms with Crippen molar-refractivity contribution in [2.45, 2.75) is 6.61 Å². The predicted octanol–water partition coefficient (Wildman–Crippen LogP) is 2.25. The number of esters is 1. The van der Waals surface area contributed by atoms with Crippen molar-refractivity contribution in [3.05, 3.63) is 74.3 Å². The van der Waals surface area contributed by atoms with E-state index in [0.717, 1.165) is 6.07 Å². The van der Waals surface area contributed by atoms with Crippen LogP contribution in [0, 0.1) is 10.1 Å². The monoisotopic (exact) mass is 398 g/mol. The van der Waals surface area contributed by atoms with Crippen LogP contribution in [0.2, 0.25) is 0 Å². The Morgan fingerprint density at radius 3 is 2.83 bits per heavy atom. The molecule has 150 valence electrons. The van der Waals surface area contributed by atoms with Gasteiger partial charge in [-0.15, -0.1) is 0 Å². The van der Waals surface area contributed by atoms with Crippen LogP contribution in [0.1, 0.15) is 16.2 Å². The van der Waals surface area contributed by atoms with E-state index in [9.17, 15) is 19.7 Å². The van der Waals surface area contributed by atoms with Crippen LogP contribution in [-0.4, -0.2) is 41.1 Å². The number of H-pyrrole nitrogens is 1. The molecule has 10 heteroatoms. The van der Waals surface area contributed by atoms with E-state index in [-0.39, 0.29) is 29.2 Å². The molecule has 0 fully saturated rings. The minimum Gasteiger partial charge on any atom is -0.454 e. The number of anilines is 1. The van der Waals surface area contributed by atoms with Gasteiger partial charge in [0.2, 0.25) is 0 Å². The average Bonchev–Trinajstić information content (AvgIpc) is 2.72. The second-order valence-electron chi connectivity index (χ2n) is 6.01. The number of rotatable bonds is 8. The lowest BCUT2D eigenvalue weighted by Crippen LogP contribution is -2.16. The first-order chi connectivity index (χ1) is 14.0. The smallest absolute Gasteiger partial charge is 0.340 e. The van der Waals surface area contributed by atoms with Crippen LogP contribution in [0.3, 0.4) is 0 Å². The summed E-state index contributed by atoms with van der Waals surface area (Å²) in [5, 5.41) is 14.4. The van der Waals surface area contributed by atoms with Gasteiger partial charge in [-0.25, -0.2) is 9.78 Å². The van der Waals surface area contributed by atoms with Crippen LogP contribution in [0.4, 0.5) is 11.4 Å². The molecule has 1 heterocycles. The lowest BCUT2D eigenvalue weighted by molar-refractivity contribution is -0.384. The van der Waals surface area contributed by atoms with E-state index in [2.05, 4.69) is 15.3 Å². The van der Waals surface area contributed by atoms with Gasteiger partial charge in [-0.3, -0.25) is 14.9 Å². The molecule has 0 aliphatic carbocycles. The topological polar surface area (TPSA) is 136 Å². The Kier molecular flexibility index (Phi) is 6.15. The van der Waals surface area contributed by atoms with Crippen LogP contribution < -0.4 is 10.9 Å². The van der Waals surface area contributed by atoms with Crippen molar-refractivity contribution in [2.75, 3.05) is 25.6 Å². The number of carbonyl (C=O) groups is 1. The quantitative estimate of drug-likeness (QED) is 0.255. The van der Waals surface area contributed by atoms with Crippen molar-refractivity contribution >= 4 is 28.2 Å². The SMILES string of the molecule is COCCNc1ccc([N+](=O)[O-])cc1C(=O)OCc1nc2ccccc2c(=O)[nH]1. The zero-order chi connectivity index (χ0) is 20.8. The van der Waals surface area contributed by atoms with Crippen molar-refractivity contribution in [1.82, 2.24) is 9.97 Å². The number of methoxy groups -OCH3 is 1. The molecular formula is C19H18N4O6. The fourth-order valence-electron chi connectivity index (χ4n) is 2.67. The molecule has 0 aliphatic rings. The van der Waals surface area contributed by atoms with Crippen LogP contribution in [-0.2, 0) is 16.1 Å². The van der Waals surface area contributed by atoms with Crippen LogP contribution >= 0.6 is 0 Å². The molecule has 0 unspecified atom stereocenters. The van der Waals surface area contributed by atoms with Gasteiger partial charge < -0.3 is 19.8 Å². The number of nitro benzene ring substituents is 1. The molecule has 3 rings (SSSR count). The highest BCUT2D eigenvalue weighted by Gasteiger charge is 2.18. The maximum absolute atomic E-state index is 12.6. The van der Waals surface area contributed by atoms with Gasteiger partial charge in [-0.1, -0.05) is 12.1 Å². The maximum atomic E-state index is 12.6. The summed E-state index contributed by atoms with van der Waals surface area (Å²) in [4.78, 5) is 41.9. The molecule has 2 aromatic carbocycles. The average molecular weight is 398 g/mol. The van der Waals surface area contributed by atoms with Gasteiger partial charge in [-0.2, -0.15) is 0 Å². The van der Waals surface area contributed by atoms with E-state index in [1.54, 1.807) is 24.3 Å². The molecule has 0 radical (unpaired) electrons. The summed E-state index contributed by atoms with van der Waals surface area (Å²) >= 11 is 0. The second kappa shape index (κ2) is 8.93. The fourth-order valence-corrected chi connectivity index (χ4v) is 2.67. The highest BCUT2D eigenvalue weighted by Crippen LogP contribution is 2.23. The molecule has 0 saturated carbocycles. The standard InChI is InChI=1S/C19H18N4O6/c1-28-9-8-20-15-7-6-12(23(26)27)10-14(15)19(25)29-11-17-21-16-5-3-2-4-13(16)18(24)22-17/h2-7,10,20H,8-9,11H2,1H3,(H,21,22,24). The van der Waals surface area contributed by atoms with Gasteiger partial charge in [-0.05, 0) is 18.2 Å². The maximum Gasteiger partial charge on any atom is 0.340 e. The number of non-ortho nitro benzene ring substituents is 1. The number of nitrogens with one attached hydrogen (secondary N) is 2. The molecule has 29 heavy (non-hydrogen) atoms. The van der Waals surface area contributed by atoms with E-state index >= 15 is 0 Å². The summed E-state index contributed by atoms with van der Waals surface area (Å²) in [7, 11) is 1.53. The third kappa shape index (κ3) is 4.74. The van der Waals surface area contributed by atoms with Crippen molar-refractivity contribution in [3.8, 4) is 0 Å². The van der Waals surface area contributed by atoms with E-state index in [0.29, 0.717) is 29.7 Å². The predicted molar refractivity (Wildman–Crippen MR) is 105 cm³/mol. The van der Waals surface area contributed by atoms with Crippen molar-refractivity contribution < 1.29 is 19.2 Å². The first-order valence-electron chi connectivity index (χ1n) is 8.66. The number of fused-ring (bicyclic) bond motifs is 1. The molecule has 0 amide bonds. The number of hydrogen-bond acceptors (Lipinski definition) is 8. The van der Waals surface area contributed by atoms with Gasteiger partial charge >= 0.3 is 5.97 Å².